The van der Waals surface area contributed by atoms with E-state index < -0.39 is 136 Å². The van der Waals surface area contributed by atoms with Crippen LogP contribution in [0.1, 0.15) is 91.9 Å². The van der Waals surface area contributed by atoms with Gasteiger partial charge in [0.1, 0.15) is 79.9 Å². The highest BCUT2D eigenvalue weighted by Gasteiger charge is 2.68. The zero-order chi connectivity index (χ0) is 50.2. The van der Waals surface area contributed by atoms with Crippen LogP contribution < -0.4 is 0 Å². The Morgan fingerprint density at radius 2 is 1.33 bits per heavy atom. The van der Waals surface area contributed by atoms with Crippen molar-refractivity contribution in [2.24, 2.45) is 34.5 Å². The first-order valence-corrected chi connectivity index (χ1v) is 25.5. The summed E-state index contributed by atoms with van der Waals surface area (Å²) in [6, 6.07) is 0. The van der Waals surface area contributed by atoms with Gasteiger partial charge >= 0.3 is 5.97 Å². The molecule has 4 aliphatic carbocycles. The minimum absolute atomic E-state index is 0.0218. The van der Waals surface area contributed by atoms with Crippen molar-refractivity contribution >= 4 is 5.97 Å². The number of cyclic esters (lactones) is 1. The van der Waals surface area contributed by atoms with Crippen LogP contribution in [0.25, 0.3) is 0 Å². The van der Waals surface area contributed by atoms with Gasteiger partial charge in [-0.05, 0) is 106 Å². The molecule has 0 aromatic carbocycles. The van der Waals surface area contributed by atoms with Gasteiger partial charge < -0.3 is 98.1 Å². The number of aliphatic hydroxyl groups is 9. The largest absolute Gasteiger partial charge is 0.458 e. The minimum atomic E-state index is -1.80. The van der Waals surface area contributed by atoms with Gasteiger partial charge in [-0.15, -0.1) is 0 Å². The molecule has 0 aromatic heterocycles. The molecule has 0 spiro atoms. The number of ether oxygens (including phenoxy) is 11. The van der Waals surface area contributed by atoms with E-state index in [1.54, 1.807) is 20.1 Å². The first-order valence-electron chi connectivity index (χ1n) is 25.5. The van der Waals surface area contributed by atoms with Gasteiger partial charge in [0.2, 0.25) is 0 Å². The number of carbonyl (C=O) groups is 1. The number of rotatable bonds is 13. The van der Waals surface area contributed by atoms with Crippen LogP contribution in [0.4, 0.5) is 0 Å². The Bertz CT molecular complexity index is 1840. The van der Waals surface area contributed by atoms with Crippen LogP contribution in [-0.2, 0) is 56.9 Å². The molecule has 8 fully saturated rings. The zero-order valence-corrected chi connectivity index (χ0v) is 41.1. The summed E-state index contributed by atoms with van der Waals surface area (Å²) in [7, 11) is 2.94. The van der Waals surface area contributed by atoms with E-state index in [1.807, 2.05) is 6.92 Å². The van der Waals surface area contributed by atoms with Crippen molar-refractivity contribution in [3.63, 3.8) is 0 Å². The van der Waals surface area contributed by atoms with Crippen molar-refractivity contribution in [1.82, 2.24) is 0 Å². The van der Waals surface area contributed by atoms with Crippen LogP contribution in [0.15, 0.2) is 11.6 Å². The molecular formula is C49H78O21. The van der Waals surface area contributed by atoms with Gasteiger partial charge in [0.05, 0.1) is 43.2 Å². The summed E-state index contributed by atoms with van der Waals surface area (Å²) in [5.41, 5.74) is 0.0579. The summed E-state index contributed by atoms with van der Waals surface area (Å²) < 4.78 is 65.7. The lowest BCUT2D eigenvalue weighted by Crippen LogP contribution is -2.65. The third-order valence-corrected chi connectivity index (χ3v) is 18.8. The lowest BCUT2D eigenvalue weighted by Gasteiger charge is -2.64. The van der Waals surface area contributed by atoms with Gasteiger partial charge in [0, 0.05) is 32.1 Å². The normalized spacial score (nSPS) is 53.9. The van der Waals surface area contributed by atoms with E-state index in [0.29, 0.717) is 24.9 Å². The minimum Gasteiger partial charge on any atom is -0.458 e. The third kappa shape index (κ3) is 9.35. The van der Waals surface area contributed by atoms with Crippen molar-refractivity contribution in [3.05, 3.63) is 11.6 Å². The fraction of sp³-hybridized carbons (Fsp3) is 0.939. The standard InChI is InChI=1S/C49H78O21/c1-21-41(69-46-40(58)43(61-6)42(22(2)65-46)70-45-39(57)37(55)35(53)31(68-45)20-63-44-38(56)36(54)34(52)30(18-50)67-44)29(60-5)17-33(64-21)66-25-9-12-47(3)24(16-25)7-8-28-27(47)10-13-48(4)26(11-14-49(28,48)59)23-15-32(51)62-19-23/h15,21-22,24-31,33-46,50,52-59H,7-14,16-20H2,1-6H3/t21-,22-,24-,25+,26-,27+,28-,29-,30-,31-,33+,34-,35-,36+,37+,38-,39-,40-,41-,42-,43-,44-,45+,46+,47+,48-,49+/m1/s1. The number of carbonyl (C=O) groups excluding carboxylic acids is 1. The van der Waals surface area contributed by atoms with E-state index in [-0.39, 0.29) is 34.7 Å². The SMILES string of the molecule is CO[C@@H]1[C@@H](O)[C@H](O[C@@H]2[C@@H](C)O[C@@H](O[C@H]3CC[C@@]4(C)[C@H](CC[C@@H]5[C@@H]4CC[C@]4(C)[C@@H](C6=CC(=O)OC6)CC[C@]54O)C3)C[C@H]2OC)O[C@H](C)[C@H]1O[C@@H]1O[C@H](CO[C@@H]2O[C@H](CO)[C@@H](O)[C@H](O)[C@H]2O)[C@@H](O)[C@H](O)[C@H]1O. The molecule has 21 nitrogen and oxygen atoms in total. The van der Waals surface area contributed by atoms with E-state index >= 15 is 0 Å². The molecule has 70 heavy (non-hydrogen) atoms. The van der Waals surface area contributed by atoms with Crippen molar-refractivity contribution in [3.8, 4) is 0 Å². The Morgan fingerprint density at radius 3 is 2.01 bits per heavy atom. The topological polar surface area (TPSA) is 301 Å². The Morgan fingerprint density at radius 1 is 0.657 bits per heavy atom. The molecule has 5 heterocycles. The molecule has 0 unspecified atom stereocenters. The van der Waals surface area contributed by atoms with Gasteiger partial charge in [-0.2, -0.15) is 0 Å². The number of esters is 1. The van der Waals surface area contributed by atoms with Crippen molar-refractivity contribution < 1.29 is 103 Å². The summed E-state index contributed by atoms with van der Waals surface area (Å²) in [6.45, 7) is 7.29. The fourth-order valence-electron chi connectivity index (χ4n) is 14.7. The Balaban J connectivity index is 0.777. The van der Waals surface area contributed by atoms with E-state index in [9.17, 15) is 50.8 Å². The average molecular weight is 1000 g/mol. The maximum absolute atomic E-state index is 12.7. The summed E-state index contributed by atoms with van der Waals surface area (Å²) in [4.78, 5) is 12.0. The molecule has 5 aliphatic heterocycles. The van der Waals surface area contributed by atoms with Crippen LogP contribution >= 0.6 is 0 Å². The molecule has 21 heteroatoms. The first-order chi connectivity index (χ1) is 33.3. The van der Waals surface area contributed by atoms with Gasteiger partial charge in [0.25, 0.3) is 0 Å². The van der Waals surface area contributed by atoms with Gasteiger partial charge in [-0.1, -0.05) is 13.8 Å². The van der Waals surface area contributed by atoms with E-state index in [2.05, 4.69) is 13.8 Å². The third-order valence-electron chi connectivity index (χ3n) is 18.8. The zero-order valence-electron chi connectivity index (χ0n) is 41.1. The van der Waals surface area contributed by atoms with Crippen LogP contribution in [0.2, 0.25) is 0 Å². The molecule has 0 amide bonds. The highest BCUT2D eigenvalue weighted by Crippen LogP contribution is 2.70. The quantitative estimate of drug-likeness (QED) is 0.0814. The molecule has 9 N–H and O–H groups in total. The highest BCUT2D eigenvalue weighted by molar-refractivity contribution is 5.85. The maximum atomic E-state index is 12.7. The number of aliphatic hydroxyl groups excluding tert-OH is 8. The number of hydrogen-bond acceptors (Lipinski definition) is 21. The van der Waals surface area contributed by atoms with Gasteiger partial charge in [-0.3, -0.25) is 0 Å². The lowest BCUT2D eigenvalue weighted by atomic mass is 9.43. The smallest absolute Gasteiger partial charge is 0.331 e. The van der Waals surface area contributed by atoms with Gasteiger partial charge in [-0.25, -0.2) is 4.79 Å². The van der Waals surface area contributed by atoms with Crippen LogP contribution in [0.3, 0.4) is 0 Å². The number of fused-ring (bicyclic) bond motifs is 5. The highest BCUT2D eigenvalue weighted by atomic mass is 16.8. The fourth-order valence-corrected chi connectivity index (χ4v) is 14.7. The monoisotopic (exact) mass is 1000 g/mol. The maximum Gasteiger partial charge on any atom is 0.331 e. The molecule has 0 radical (unpaired) electrons. The molecule has 9 rings (SSSR count). The Labute approximate surface area is 408 Å². The van der Waals surface area contributed by atoms with E-state index in [1.165, 1.54) is 7.11 Å². The predicted octanol–water partition coefficient (Wildman–Crippen LogP) is -0.706. The molecule has 27 atom stereocenters. The number of methoxy groups -OCH3 is 2. The molecule has 4 saturated heterocycles. The van der Waals surface area contributed by atoms with E-state index in [4.69, 9.17) is 52.1 Å². The molecule has 9 aliphatic rings. The Kier molecular flexibility index (Phi) is 15.9. The van der Waals surface area contributed by atoms with E-state index in [0.717, 1.165) is 63.4 Å². The van der Waals surface area contributed by atoms with Crippen LogP contribution in [0.5, 0.6) is 0 Å². The van der Waals surface area contributed by atoms with Crippen LogP contribution in [-0.4, -0.2) is 214 Å². The second-order valence-electron chi connectivity index (χ2n) is 22.3. The van der Waals surface area contributed by atoms with Crippen molar-refractivity contribution in [2.45, 2.75) is 220 Å². The van der Waals surface area contributed by atoms with Gasteiger partial charge in [0.15, 0.2) is 25.2 Å². The van der Waals surface area contributed by atoms with Crippen molar-refractivity contribution in [2.75, 3.05) is 34.0 Å². The molecule has 0 bridgehead atoms. The second kappa shape index (κ2) is 20.9. The summed E-state index contributed by atoms with van der Waals surface area (Å²) >= 11 is 0. The molecule has 400 valence electrons. The lowest BCUT2D eigenvalue weighted by molar-refractivity contribution is -0.374. The summed E-state index contributed by atoms with van der Waals surface area (Å²) in [5, 5.41) is 97.0. The molecular weight excluding hydrogens is 925 g/mol. The predicted molar refractivity (Wildman–Crippen MR) is 238 cm³/mol. The van der Waals surface area contributed by atoms with Crippen molar-refractivity contribution in [1.29, 1.82) is 0 Å². The first kappa shape index (κ1) is 53.3. The molecule has 0 aromatic rings. The molecule has 4 saturated carbocycles. The summed E-state index contributed by atoms with van der Waals surface area (Å²) in [5.74, 6) is 0.941. The Hall–Kier alpha value is -1.55. The summed E-state index contributed by atoms with van der Waals surface area (Å²) in [6.07, 6.45) is -13.9. The second-order valence-corrected chi connectivity index (χ2v) is 22.3. The number of hydrogen-bond donors (Lipinski definition) is 9. The average Bonchev–Trinajstić information content (AvgIpc) is 3.89. The van der Waals surface area contributed by atoms with Crippen LogP contribution in [0, 0.1) is 34.5 Å².